The molecule has 3 rings (SSSR count). The van der Waals surface area contributed by atoms with E-state index in [2.05, 4.69) is 39.6 Å². The third kappa shape index (κ3) is 2.86. The Bertz CT molecular complexity index is 442. The van der Waals surface area contributed by atoms with Crippen LogP contribution >= 0.6 is 22.6 Å². The van der Waals surface area contributed by atoms with E-state index in [9.17, 15) is 0 Å². The predicted molar refractivity (Wildman–Crippen MR) is 90.5 cm³/mol. The average Bonchev–Trinajstić information content (AvgIpc) is 2.41. The first-order valence-electron chi connectivity index (χ1n) is 7.49. The van der Waals surface area contributed by atoms with E-state index in [-0.39, 0.29) is 0 Å². The van der Waals surface area contributed by atoms with Crippen LogP contribution in [0.3, 0.4) is 0 Å². The molecule has 1 aromatic carbocycles. The topological polar surface area (TPSA) is 29.3 Å². The minimum absolute atomic E-state index is 0.688. The third-order valence-corrected chi connectivity index (χ3v) is 5.91. The summed E-state index contributed by atoms with van der Waals surface area (Å²) in [7, 11) is 0. The summed E-state index contributed by atoms with van der Waals surface area (Å²) >= 11 is 2.41. The monoisotopic (exact) mass is 370 g/mol. The smallest absolute Gasteiger partial charge is 0.0503 e. The molecule has 19 heavy (non-hydrogen) atoms. The molecule has 104 valence electrons. The summed E-state index contributed by atoms with van der Waals surface area (Å²) in [5, 5.41) is 0. The Kier molecular flexibility index (Phi) is 3.92. The quantitative estimate of drug-likeness (QED) is 0.586. The van der Waals surface area contributed by atoms with Gasteiger partial charge in [0.05, 0.1) is 5.69 Å². The number of nitrogen functional groups attached to an aromatic ring is 1. The molecule has 1 saturated heterocycles. The van der Waals surface area contributed by atoms with E-state index in [0.717, 1.165) is 5.69 Å². The Morgan fingerprint density at radius 2 is 1.68 bits per heavy atom. The average molecular weight is 370 g/mol. The Labute approximate surface area is 129 Å². The van der Waals surface area contributed by atoms with Gasteiger partial charge in [-0.25, -0.2) is 0 Å². The Morgan fingerprint density at radius 3 is 2.32 bits per heavy atom. The Balaban J connectivity index is 1.69. The molecular weight excluding hydrogens is 347 g/mol. The number of hydrogen-bond donors (Lipinski definition) is 1. The number of benzene rings is 1. The molecule has 0 atom stereocenters. The molecule has 1 aliphatic carbocycles. The number of nitrogens with zero attached hydrogens (tertiary/aromatic N) is 1. The lowest BCUT2D eigenvalue weighted by molar-refractivity contribution is 0.144. The first kappa shape index (κ1) is 13.5. The number of anilines is 2. The maximum atomic E-state index is 5.85. The van der Waals surface area contributed by atoms with Gasteiger partial charge in [-0.3, -0.25) is 0 Å². The van der Waals surface area contributed by atoms with Crippen LogP contribution in [0.4, 0.5) is 11.4 Å². The number of piperidine rings is 1. The zero-order valence-electron chi connectivity index (χ0n) is 11.5. The highest BCUT2D eigenvalue weighted by molar-refractivity contribution is 14.1. The molecule has 0 unspecified atom stereocenters. The van der Waals surface area contributed by atoms with Crippen molar-refractivity contribution in [2.45, 2.75) is 44.9 Å². The second kappa shape index (κ2) is 5.51. The number of halogens is 1. The van der Waals surface area contributed by atoms with Crippen molar-refractivity contribution in [2.75, 3.05) is 23.7 Å². The van der Waals surface area contributed by atoms with E-state index in [1.165, 1.54) is 67.3 Å². The predicted octanol–water partition coefficient (Wildman–Crippen LogP) is 4.42. The van der Waals surface area contributed by atoms with Crippen molar-refractivity contribution in [2.24, 2.45) is 5.41 Å². The lowest BCUT2D eigenvalue weighted by Gasteiger charge is -2.45. The molecule has 1 aliphatic heterocycles. The molecule has 0 amide bonds. The van der Waals surface area contributed by atoms with Crippen molar-refractivity contribution in [1.82, 2.24) is 0 Å². The molecule has 2 aliphatic rings. The van der Waals surface area contributed by atoms with E-state index in [1.807, 2.05) is 6.07 Å². The van der Waals surface area contributed by atoms with Gasteiger partial charge in [0.25, 0.3) is 0 Å². The van der Waals surface area contributed by atoms with Crippen LogP contribution in [-0.2, 0) is 0 Å². The van der Waals surface area contributed by atoms with Crippen molar-refractivity contribution in [3.8, 4) is 0 Å². The van der Waals surface area contributed by atoms with Gasteiger partial charge >= 0.3 is 0 Å². The van der Waals surface area contributed by atoms with Crippen LogP contribution in [0.1, 0.15) is 44.9 Å². The summed E-state index contributed by atoms with van der Waals surface area (Å²) in [6.45, 7) is 2.44. The van der Waals surface area contributed by atoms with Gasteiger partial charge in [-0.05, 0) is 71.9 Å². The molecule has 0 radical (unpaired) electrons. The molecule has 1 heterocycles. The summed E-state index contributed by atoms with van der Waals surface area (Å²) in [6, 6.07) is 6.30. The van der Waals surface area contributed by atoms with Crippen molar-refractivity contribution in [3.63, 3.8) is 0 Å². The fourth-order valence-electron chi connectivity index (χ4n) is 3.80. The van der Waals surface area contributed by atoms with Gasteiger partial charge in [-0.1, -0.05) is 19.3 Å². The van der Waals surface area contributed by atoms with Crippen molar-refractivity contribution in [3.05, 3.63) is 21.8 Å². The van der Waals surface area contributed by atoms with Crippen molar-refractivity contribution in [1.29, 1.82) is 0 Å². The molecular formula is C16H23IN2. The second-order valence-electron chi connectivity index (χ2n) is 6.26. The van der Waals surface area contributed by atoms with Gasteiger partial charge in [-0.15, -0.1) is 0 Å². The first-order chi connectivity index (χ1) is 9.19. The standard InChI is InChI=1S/C16H23IN2/c17-14-12-13(18)4-5-15(14)19-10-8-16(9-11-19)6-2-1-3-7-16/h4-5,12H,1-3,6-11,18H2. The number of hydrogen-bond acceptors (Lipinski definition) is 2. The molecule has 2 fully saturated rings. The Morgan fingerprint density at radius 1 is 1.00 bits per heavy atom. The van der Waals surface area contributed by atoms with Gasteiger partial charge in [0.1, 0.15) is 0 Å². The minimum Gasteiger partial charge on any atom is -0.399 e. The SMILES string of the molecule is Nc1ccc(N2CCC3(CCCCC3)CC2)c(I)c1. The Hall–Kier alpha value is -0.450. The zero-order valence-corrected chi connectivity index (χ0v) is 13.7. The first-order valence-corrected chi connectivity index (χ1v) is 8.56. The molecule has 0 bridgehead atoms. The summed E-state index contributed by atoms with van der Waals surface area (Å²) < 4.78 is 1.29. The molecule has 1 saturated carbocycles. The molecule has 1 spiro atoms. The summed E-state index contributed by atoms with van der Waals surface area (Å²) in [5.74, 6) is 0. The number of nitrogens with two attached hydrogens (primary N) is 1. The lowest BCUT2D eigenvalue weighted by atomic mass is 9.68. The van der Waals surface area contributed by atoms with Gasteiger partial charge in [-0.2, -0.15) is 0 Å². The minimum atomic E-state index is 0.688. The molecule has 1 aromatic rings. The zero-order chi connectivity index (χ0) is 13.3. The van der Waals surface area contributed by atoms with Crippen LogP contribution < -0.4 is 10.6 Å². The summed E-state index contributed by atoms with van der Waals surface area (Å²) in [4.78, 5) is 2.56. The van der Waals surface area contributed by atoms with E-state index in [0.29, 0.717) is 5.41 Å². The highest BCUT2D eigenvalue weighted by atomic mass is 127. The van der Waals surface area contributed by atoms with E-state index >= 15 is 0 Å². The van der Waals surface area contributed by atoms with Gasteiger partial charge < -0.3 is 10.6 Å². The second-order valence-corrected chi connectivity index (χ2v) is 7.42. The summed E-state index contributed by atoms with van der Waals surface area (Å²) in [5.41, 5.74) is 8.78. The van der Waals surface area contributed by atoms with Gasteiger partial charge in [0.2, 0.25) is 0 Å². The van der Waals surface area contributed by atoms with E-state index < -0.39 is 0 Å². The van der Waals surface area contributed by atoms with Crippen LogP contribution in [0.5, 0.6) is 0 Å². The van der Waals surface area contributed by atoms with E-state index in [1.54, 1.807) is 0 Å². The fraction of sp³-hybridized carbons (Fsp3) is 0.625. The van der Waals surface area contributed by atoms with Crippen molar-refractivity contribution >= 4 is 34.0 Å². The molecule has 0 aromatic heterocycles. The van der Waals surface area contributed by atoms with Crippen LogP contribution in [0.2, 0.25) is 0 Å². The van der Waals surface area contributed by atoms with Gasteiger partial charge in [0, 0.05) is 22.3 Å². The van der Waals surface area contributed by atoms with Crippen LogP contribution in [0, 0.1) is 8.99 Å². The maximum absolute atomic E-state index is 5.85. The fourth-order valence-corrected chi connectivity index (χ4v) is 4.68. The molecule has 2 nitrogen and oxygen atoms in total. The maximum Gasteiger partial charge on any atom is 0.0503 e. The third-order valence-electron chi connectivity index (χ3n) is 5.05. The molecule has 3 heteroatoms. The van der Waals surface area contributed by atoms with Crippen molar-refractivity contribution < 1.29 is 0 Å². The van der Waals surface area contributed by atoms with Crippen LogP contribution in [-0.4, -0.2) is 13.1 Å². The lowest BCUT2D eigenvalue weighted by Crippen LogP contribution is -2.41. The van der Waals surface area contributed by atoms with Gasteiger partial charge in [0.15, 0.2) is 0 Å². The number of rotatable bonds is 1. The highest BCUT2D eigenvalue weighted by Gasteiger charge is 2.35. The largest absolute Gasteiger partial charge is 0.399 e. The van der Waals surface area contributed by atoms with E-state index in [4.69, 9.17) is 5.73 Å². The normalized spacial score (nSPS) is 22.7. The molecule has 2 N–H and O–H groups in total. The van der Waals surface area contributed by atoms with Crippen LogP contribution in [0.15, 0.2) is 18.2 Å². The highest BCUT2D eigenvalue weighted by Crippen LogP contribution is 2.45. The summed E-state index contributed by atoms with van der Waals surface area (Å²) in [6.07, 6.45) is 10.1. The van der Waals surface area contributed by atoms with Crippen LogP contribution in [0.25, 0.3) is 0 Å².